The minimum absolute atomic E-state index is 0.184. The van der Waals surface area contributed by atoms with E-state index in [9.17, 15) is 9.59 Å². The molecule has 0 radical (unpaired) electrons. The van der Waals surface area contributed by atoms with E-state index < -0.39 is 0 Å². The summed E-state index contributed by atoms with van der Waals surface area (Å²) in [6, 6.07) is 18.3. The van der Waals surface area contributed by atoms with Gasteiger partial charge in [-0.3, -0.25) is 14.6 Å². The van der Waals surface area contributed by atoms with Crippen molar-refractivity contribution in [3.63, 3.8) is 0 Å². The van der Waals surface area contributed by atoms with Crippen LogP contribution in [-0.4, -0.2) is 15.9 Å². The molecule has 1 amide bonds. The minimum Gasteiger partial charge on any atom is -0.463 e. The lowest BCUT2D eigenvalue weighted by Crippen LogP contribution is -2.09. The number of pyridine rings is 1. The number of thiazole rings is 1. The number of anilines is 1. The van der Waals surface area contributed by atoms with E-state index in [-0.39, 0.29) is 11.3 Å². The predicted octanol–water partition coefficient (Wildman–Crippen LogP) is 5.63. The highest BCUT2D eigenvalue weighted by atomic mass is 32.1. The Morgan fingerprint density at radius 2 is 1.85 bits per heavy atom. The molecule has 33 heavy (non-hydrogen) atoms. The number of carbonyl (C=O) groups is 1. The van der Waals surface area contributed by atoms with Crippen molar-refractivity contribution >= 4 is 40.0 Å². The molecule has 6 nitrogen and oxygen atoms in total. The number of para-hydroxylation sites is 1. The Morgan fingerprint density at radius 1 is 1.00 bits per heavy atom. The number of rotatable bonds is 5. The van der Waals surface area contributed by atoms with Crippen LogP contribution in [0.5, 0.6) is 0 Å². The van der Waals surface area contributed by atoms with Crippen molar-refractivity contribution in [2.24, 2.45) is 0 Å². The highest BCUT2D eigenvalue weighted by Crippen LogP contribution is 2.29. The van der Waals surface area contributed by atoms with Gasteiger partial charge in [-0.1, -0.05) is 24.3 Å². The van der Waals surface area contributed by atoms with Gasteiger partial charge in [0.05, 0.1) is 16.6 Å². The number of nitrogens with one attached hydrogen (secondary N) is 1. The second kappa shape index (κ2) is 9.02. The van der Waals surface area contributed by atoms with Crippen LogP contribution in [0.3, 0.4) is 0 Å². The van der Waals surface area contributed by atoms with Crippen LogP contribution in [0.1, 0.15) is 5.56 Å². The van der Waals surface area contributed by atoms with Gasteiger partial charge in [0, 0.05) is 40.7 Å². The van der Waals surface area contributed by atoms with Gasteiger partial charge in [0.2, 0.25) is 5.91 Å². The summed E-state index contributed by atoms with van der Waals surface area (Å²) in [5, 5.41) is 6.18. The molecule has 0 aliphatic heterocycles. The van der Waals surface area contributed by atoms with Crippen LogP contribution in [0.4, 0.5) is 5.69 Å². The van der Waals surface area contributed by atoms with E-state index in [1.54, 1.807) is 54.1 Å². The summed E-state index contributed by atoms with van der Waals surface area (Å²) in [6.45, 7) is 0. The molecule has 0 spiro atoms. The normalized spacial score (nSPS) is 11.2. The zero-order valence-electron chi connectivity index (χ0n) is 17.3. The monoisotopic (exact) mass is 451 g/mol. The van der Waals surface area contributed by atoms with Crippen LogP contribution in [0.25, 0.3) is 38.9 Å². The number of hydrogen-bond acceptors (Lipinski definition) is 6. The second-order valence-electron chi connectivity index (χ2n) is 7.19. The number of nitrogens with zero attached hydrogens (tertiary/aromatic N) is 2. The van der Waals surface area contributed by atoms with Gasteiger partial charge in [-0.25, -0.2) is 4.98 Å². The van der Waals surface area contributed by atoms with E-state index in [1.165, 1.54) is 18.4 Å². The largest absolute Gasteiger partial charge is 0.463 e. The highest BCUT2D eigenvalue weighted by molar-refractivity contribution is 7.13. The van der Waals surface area contributed by atoms with Crippen molar-refractivity contribution < 1.29 is 9.21 Å². The Bertz CT molecular complexity index is 1540. The molecule has 5 rings (SSSR count). The molecule has 5 aromatic rings. The minimum atomic E-state index is -0.351. The Kier molecular flexibility index (Phi) is 5.61. The lowest BCUT2D eigenvalue weighted by atomic mass is 10.1. The van der Waals surface area contributed by atoms with Gasteiger partial charge in [-0.05, 0) is 42.5 Å². The summed E-state index contributed by atoms with van der Waals surface area (Å²) in [5.74, 6) is -0.351. The van der Waals surface area contributed by atoms with E-state index in [0.29, 0.717) is 22.2 Å². The van der Waals surface area contributed by atoms with Crippen molar-refractivity contribution in [2.45, 2.75) is 0 Å². The molecule has 160 valence electrons. The van der Waals surface area contributed by atoms with Crippen LogP contribution >= 0.6 is 11.3 Å². The number of amides is 1. The predicted molar refractivity (Wildman–Crippen MR) is 131 cm³/mol. The fourth-order valence-electron chi connectivity index (χ4n) is 3.35. The van der Waals surface area contributed by atoms with Crippen LogP contribution < -0.4 is 10.7 Å². The number of carbonyl (C=O) groups excluding carboxylic acids is 1. The van der Waals surface area contributed by atoms with Gasteiger partial charge < -0.3 is 9.73 Å². The van der Waals surface area contributed by atoms with Gasteiger partial charge in [0.1, 0.15) is 16.9 Å². The number of fused-ring (bicyclic) bond motifs is 1. The maximum atomic E-state index is 12.6. The number of hydrogen-bond donors (Lipinski definition) is 1. The maximum absolute atomic E-state index is 12.6. The van der Waals surface area contributed by atoms with E-state index >= 15 is 0 Å². The number of benzene rings is 2. The number of aromatic nitrogens is 2. The smallest absolute Gasteiger partial charge is 0.248 e. The van der Waals surface area contributed by atoms with Gasteiger partial charge in [-0.2, -0.15) is 0 Å². The summed E-state index contributed by atoms with van der Waals surface area (Å²) in [5.41, 5.74) is 3.99. The molecule has 7 heteroatoms. The Balaban J connectivity index is 1.32. The summed E-state index contributed by atoms with van der Waals surface area (Å²) in [6.07, 6.45) is 7.61. The molecule has 0 aliphatic carbocycles. The SMILES string of the molecule is O=C(/C=C/c1coc2ccccc2c1=O)Nc1cccc(-c2csc(-c3ccncc3)n2)c1. The molecular formula is C26H17N3O3S. The maximum Gasteiger partial charge on any atom is 0.248 e. The van der Waals surface area contributed by atoms with Gasteiger partial charge in [0.25, 0.3) is 0 Å². The van der Waals surface area contributed by atoms with Crippen LogP contribution in [-0.2, 0) is 4.79 Å². The second-order valence-corrected chi connectivity index (χ2v) is 8.05. The van der Waals surface area contributed by atoms with E-state index in [4.69, 9.17) is 9.40 Å². The van der Waals surface area contributed by atoms with Crippen LogP contribution in [0.15, 0.2) is 100.0 Å². The molecule has 0 bridgehead atoms. The van der Waals surface area contributed by atoms with Gasteiger partial charge in [0.15, 0.2) is 5.43 Å². The van der Waals surface area contributed by atoms with Gasteiger partial charge >= 0.3 is 0 Å². The van der Waals surface area contributed by atoms with E-state index in [2.05, 4.69) is 10.3 Å². The fourth-order valence-corrected chi connectivity index (χ4v) is 4.18. The zero-order valence-corrected chi connectivity index (χ0v) is 18.1. The zero-order chi connectivity index (χ0) is 22.6. The molecule has 0 atom stereocenters. The molecule has 3 heterocycles. The fraction of sp³-hybridized carbons (Fsp3) is 0. The first-order valence-corrected chi connectivity index (χ1v) is 11.0. The van der Waals surface area contributed by atoms with E-state index in [0.717, 1.165) is 21.8 Å². The molecule has 1 N–H and O–H groups in total. The average Bonchev–Trinajstić information content (AvgIpc) is 3.35. The molecule has 2 aromatic carbocycles. The Hall–Kier alpha value is -4.36. The first kappa shape index (κ1) is 20.5. The first-order chi connectivity index (χ1) is 16.2. The summed E-state index contributed by atoms with van der Waals surface area (Å²) >= 11 is 1.55. The molecule has 0 saturated carbocycles. The van der Waals surface area contributed by atoms with E-state index in [1.807, 2.05) is 35.7 Å². The first-order valence-electron chi connectivity index (χ1n) is 10.1. The lowest BCUT2D eigenvalue weighted by Gasteiger charge is -2.04. The summed E-state index contributed by atoms with van der Waals surface area (Å²) in [4.78, 5) is 33.7. The lowest BCUT2D eigenvalue weighted by molar-refractivity contribution is -0.111. The molecule has 0 aliphatic rings. The van der Waals surface area contributed by atoms with Crippen molar-refractivity contribution in [2.75, 3.05) is 5.32 Å². The molecule has 0 saturated heterocycles. The van der Waals surface area contributed by atoms with Crippen molar-refractivity contribution in [1.82, 2.24) is 9.97 Å². The molecule has 0 unspecified atom stereocenters. The van der Waals surface area contributed by atoms with Crippen molar-refractivity contribution in [3.05, 3.63) is 107 Å². The highest BCUT2D eigenvalue weighted by Gasteiger charge is 2.08. The van der Waals surface area contributed by atoms with Gasteiger partial charge in [-0.15, -0.1) is 11.3 Å². The molecule has 0 fully saturated rings. The summed E-state index contributed by atoms with van der Waals surface area (Å²) < 4.78 is 5.48. The van der Waals surface area contributed by atoms with Crippen LogP contribution in [0.2, 0.25) is 0 Å². The third-order valence-corrected chi connectivity index (χ3v) is 5.87. The average molecular weight is 452 g/mol. The molecular weight excluding hydrogens is 434 g/mol. The topological polar surface area (TPSA) is 85.1 Å². The quantitative estimate of drug-likeness (QED) is 0.350. The van der Waals surface area contributed by atoms with Crippen molar-refractivity contribution in [3.8, 4) is 21.8 Å². The van der Waals surface area contributed by atoms with Crippen molar-refractivity contribution in [1.29, 1.82) is 0 Å². The third kappa shape index (κ3) is 4.49. The summed E-state index contributed by atoms with van der Waals surface area (Å²) in [7, 11) is 0. The Morgan fingerprint density at radius 3 is 2.73 bits per heavy atom. The standard InChI is InChI=1S/C26H17N3O3S/c30-24(9-8-19-15-32-23-7-2-1-6-21(23)25(19)31)28-20-5-3-4-18(14-20)22-16-33-26(29-22)17-10-12-27-13-11-17/h1-16H,(H,28,30)/b9-8+. The third-order valence-electron chi connectivity index (χ3n) is 4.98. The molecule has 3 aromatic heterocycles. The van der Waals surface area contributed by atoms with Crippen LogP contribution in [0, 0.1) is 0 Å². The Labute approximate surface area is 192 Å².